The molecular weight excluding hydrogens is 514 g/mol. The summed E-state index contributed by atoms with van der Waals surface area (Å²) >= 11 is 6.71. The number of halogens is 1. The van der Waals surface area contributed by atoms with E-state index in [1.54, 1.807) is 6.07 Å². The third kappa shape index (κ3) is 6.49. The fourth-order valence-electron chi connectivity index (χ4n) is 4.14. The molecule has 0 bridgehead atoms. The fraction of sp³-hybridized carbons (Fsp3) is 0.346. The number of ether oxygens (including phenoxy) is 2. The Morgan fingerprint density at radius 3 is 2.51 bits per heavy atom. The molecule has 1 aliphatic rings. The van der Waals surface area contributed by atoms with E-state index in [9.17, 15) is 13.7 Å². The Balaban J connectivity index is 1.50. The van der Waals surface area contributed by atoms with Crippen LogP contribution in [0.25, 0.3) is 0 Å². The molecule has 9 nitrogen and oxygen atoms in total. The minimum atomic E-state index is -3.47. The topological polar surface area (TPSA) is 117 Å². The number of nitrogens with zero attached hydrogens (tertiary/aromatic N) is 4. The second kappa shape index (κ2) is 10.9. The highest BCUT2D eigenvalue weighted by molar-refractivity contribution is 7.91. The lowest BCUT2D eigenvalue weighted by Gasteiger charge is -2.32. The largest absolute Gasteiger partial charge is 0.487 e. The summed E-state index contributed by atoms with van der Waals surface area (Å²) in [5.41, 5.74) is 3.38. The first kappa shape index (κ1) is 26.7. The molecule has 1 saturated heterocycles. The van der Waals surface area contributed by atoms with Gasteiger partial charge in [-0.25, -0.2) is 18.4 Å². The van der Waals surface area contributed by atoms with Crippen molar-refractivity contribution >= 4 is 33.3 Å². The average molecular weight is 542 g/mol. The highest BCUT2D eigenvalue weighted by Gasteiger charge is 2.27. The van der Waals surface area contributed by atoms with Crippen LogP contribution in [0.3, 0.4) is 0 Å². The summed E-state index contributed by atoms with van der Waals surface area (Å²) < 4.78 is 36.3. The molecule has 194 valence electrons. The van der Waals surface area contributed by atoms with Gasteiger partial charge in [0, 0.05) is 24.7 Å². The maximum Gasteiger partial charge on any atom is 0.236 e. The zero-order chi connectivity index (χ0) is 26.6. The van der Waals surface area contributed by atoms with E-state index in [1.165, 1.54) is 6.20 Å². The minimum Gasteiger partial charge on any atom is -0.487 e. The summed E-state index contributed by atoms with van der Waals surface area (Å²) in [6, 6.07) is 15.5. The molecule has 3 aromatic rings. The molecule has 0 aliphatic carbocycles. The van der Waals surface area contributed by atoms with Gasteiger partial charge >= 0.3 is 0 Å². The Morgan fingerprint density at radius 1 is 1.16 bits per heavy atom. The van der Waals surface area contributed by atoms with Crippen LogP contribution in [-0.2, 0) is 26.8 Å². The lowest BCUT2D eigenvalue weighted by molar-refractivity contribution is 0.122. The lowest BCUT2D eigenvalue weighted by atomic mass is 9.77. The Hall–Kier alpha value is -3.39. The van der Waals surface area contributed by atoms with Crippen molar-refractivity contribution in [3.63, 3.8) is 0 Å². The number of nitrogens with one attached hydrogen (secondary N) is 1. The number of hydrogen-bond acceptors (Lipinski definition) is 8. The Bertz CT molecular complexity index is 1420. The monoisotopic (exact) mass is 541 g/mol. The van der Waals surface area contributed by atoms with Gasteiger partial charge in [-0.3, -0.25) is 4.72 Å². The number of nitriles is 1. The first-order valence-electron chi connectivity index (χ1n) is 11.7. The van der Waals surface area contributed by atoms with Gasteiger partial charge < -0.3 is 14.4 Å². The summed E-state index contributed by atoms with van der Waals surface area (Å²) in [6.07, 6.45) is 2.51. The molecule has 0 unspecified atom stereocenters. The predicted molar refractivity (Wildman–Crippen MR) is 143 cm³/mol. The zero-order valence-electron chi connectivity index (χ0n) is 20.9. The molecule has 0 spiro atoms. The Morgan fingerprint density at radius 2 is 1.86 bits per heavy atom. The quantitative estimate of drug-likeness (QED) is 0.452. The van der Waals surface area contributed by atoms with Crippen LogP contribution >= 0.6 is 11.6 Å². The third-order valence-corrected chi connectivity index (χ3v) is 7.03. The van der Waals surface area contributed by atoms with E-state index in [0.717, 1.165) is 23.1 Å². The smallest absolute Gasteiger partial charge is 0.236 e. The van der Waals surface area contributed by atoms with Crippen LogP contribution < -0.4 is 14.4 Å². The Kier molecular flexibility index (Phi) is 7.87. The van der Waals surface area contributed by atoms with Crippen molar-refractivity contribution in [1.29, 1.82) is 5.26 Å². The lowest BCUT2D eigenvalue weighted by Crippen LogP contribution is -2.37. The van der Waals surface area contributed by atoms with Crippen LogP contribution in [0.5, 0.6) is 5.75 Å². The van der Waals surface area contributed by atoms with Gasteiger partial charge in [0.2, 0.25) is 16.0 Å². The summed E-state index contributed by atoms with van der Waals surface area (Å²) in [6.45, 7) is 6.93. The molecule has 0 radical (unpaired) electrons. The summed E-state index contributed by atoms with van der Waals surface area (Å²) in [5.74, 6) is 0.630. The molecule has 0 amide bonds. The van der Waals surface area contributed by atoms with E-state index >= 15 is 0 Å². The molecule has 4 rings (SSSR count). The van der Waals surface area contributed by atoms with Crippen LogP contribution in [0.15, 0.2) is 48.7 Å². The van der Waals surface area contributed by atoms with Crippen LogP contribution in [0.1, 0.15) is 36.2 Å². The molecule has 11 heteroatoms. The SMILES string of the molecule is CC(C)(c1ccc(OCc2ccnc(NS(C)(=O)=O)n2)cc1)c1cc(Cl)c(N2CCOCC2)c(C#N)c1. The summed E-state index contributed by atoms with van der Waals surface area (Å²) in [4.78, 5) is 10.2. The number of sulfonamides is 1. The summed E-state index contributed by atoms with van der Waals surface area (Å²) in [7, 11) is -3.47. The highest BCUT2D eigenvalue weighted by atomic mass is 35.5. The van der Waals surface area contributed by atoms with Crippen LogP contribution in [0.4, 0.5) is 11.6 Å². The van der Waals surface area contributed by atoms with E-state index in [1.807, 2.05) is 36.4 Å². The zero-order valence-corrected chi connectivity index (χ0v) is 22.4. The second-order valence-corrected chi connectivity index (χ2v) is 11.4. The van der Waals surface area contributed by atoms with E-state index in [2.05, 4.69) is 39.5 Å². The number of benzene rings is 2. The van der Waals surface area contributed by atoms with Crippen molar-refractivity contribution in [2.24, 2.45) is 0 Å². The standard InChI is InChI=1S/C26H28ClN5O4S/c1-26(2,20-14-18(16-28)24(23(27)15-20)32-10-12-35-13-11-32)19-4-6-22(7-5-19)36-17-21-8-9-29-25(30-21)31-37(3,33)34/h4-9,14-15H,10-13,17H2,1-3H3,(H,29,30,31). The molecule has 0 atom stereocenters. The fourth-order valence-corrected chi connectivity index (χ4v) is 4.91. The summed E-state index contributed by atoms with van der Waals surface area (Å²) in [5, 5.41) is 10.4. The Labute approximate surface area is 222 Å². The third-order valence-electron chi connectivity index (χ3n) is 6.19. The number of anilines is 2. The van der Waals surface area contributed by atoms with Gasteiger partial charge in [-0.2, -0.15) is 5.26 Å². The maximum atomic E-state index is 11.4. The van der Waals surface area contributed by atoms with Crippen LogP contribution in [-0.4, -0.2) is 50.9 Å². The van der Waals surface area contributed by atoms with Gasteiger partial charge in [0.05, 0.1) is 41.4 Å². The van der Waals surface area contributed by atoms with Gasteiger partial charge in [0.25, 0.3) is 0 Å². The van der Waals surface area contributed by atoms with Gasteiger partial charge in [0.1, 0.15) is 18.4 Å². The molecule has 2 heterocycles. The number of rotatable bonds is 8. The minimum absolute atomic E-state index is 0.00395. The number of aromatic nitrogens is 2. The molecule has 1 aliphatic heterocycles. The maximum absolute atomic E-state index is 11.4. The van der Waals surface area contributed by atoms with Crippen molar-refractivity contribution in [3.05, 3.63) is 76.1 Å². The van der Waals surface area contributed by atoms with Crippen LogP contribution in [0.2, 0.25) is 5.02 Å². The molecule has 1 N–H and O–H groups in total. The van der Waals surface area contributed by atoms with E-state index in [4.69, 9.17) is 21.1 Å². The average Bonchev–Trinajstić information content (AvgIpc) is 2.87. The number of hydrogen-bond donors (Lipinski definition) is 1. The molecular formula is C26H28ClN5O4S. The predicted octanol–water partition coefficient (Wildman–Crippen LogP) is 4.11. The van der Waals surface area contributed by atoms with Crippen molar-refractivity contribution in [2.45, 2.75) is 25.9 Å². The second-order valence-electron chi connectivity index (χ2n) is 9.25. The van der Waals surface area contributed by atoms with E-state index in [0.29, 0.717) is 48.3 Å². The van der Waals surface area contributed by atoms with Crippen LogP contribution in [0, 0.1) is 11.3 Å². The molecule has 0 saturated carbocycles. The van der Waals surface area contributed by atoms with Crippen molar-refractivity contribution < 1.29 is 17.9 Å². The molecule has 2 aromatic carbocycles. The number of morpholine rings is 1. The normalized spacial score (nSPS) is 14.2. The molecule has 1 fully saturated rings. The van der Waals surface area contributed by atoms with Gasteiger partial charge in [0.15, 0.2) is 0 Å². The van der Waals surface area contributed by atoms with E-state index < -0.39 is 15.4 Å². The first-order chi connectivity index (χ1) is 17.6. The first-order valence-corrected chi connectivity index (χ1v) is 13.9. The van der Waals surface area contributed by atoms with Crippen molar-refractivity contribution in [1.82, 2.24) is 9.97 Å². The van der Waals surface area contributed by atoms with Gasteiger partial charge in [-0.15, -0.1) is 0 Å². The van der Waals surface area contributed by atoms with Gasteiger partial charge in [-0.1, -0.05) is 37.6 Å². The van der Waals surface area contributed by atoms with Crippen molar-refractivity contribution in [3.8, 4) is 11.8 Å². The van der Waals surface area contributed by atoms with Gasteiger partial charge in [-0.05, 0) is 41.5 Å². The highest BCUT2D eigenvalue weighted by Crippen LogP contribution is 2.39. The molecule has 1 aromatic heterocycles. The van der Waals surface area contributed by atoms with E-state index in [-0.39, 0.29) is 12.6 Å². The van der Waals surface area contributed by atoms with Crippen molar-refractivity contribution in [2.75, 3.05) is 42.2 Å². The molecule has 37 heavy (non-hydrogen) atoms.